The molecular weight excluding hydrogens is 292 g/mol. The summed E-state index contributed by atoms with van der Waals surface area (Å²) in [4.78, 5) is 26.6. The predicted molar refractivity (Wildman–Crippen MR) is 92.8 cm³/mol. The maximum absolute atomic E-state index is 12.0. The van der Waals surface area contributed by atoms with Crippen LogP contribution in [0.4, 0.5) is 0 Å². The van der Waals surface area contributed by atoms with Crippen molar-refractivity contribution in [2.75, 3.05) is 19.7 Å². The number of aliphatic hydroxyl groups is 1. The number of rotatable bonds is 3. The molecule has 5 heteroatoms. The summed E-state index contributed by atoms with van der Waals surface area (Å²) in [6.07, 6.45) is 0. The van der Waals surface area contributed by atoms with E-state index in [0.717, 1.165) is 5.56 Å². The summed E-state index contributed by atoms with van der Waals surface area (Å²) in [6, 6.07) is 9.38. The first-order valence-corrected chi connectivity index (χ1v) is 8.31. The lowest BCUT2D eigenvalue weighted by atomic mass is 10.1. The molecule has 1 unspecified atom stereocenters. The molecule has 130 valence electrons. The highest BCUT2D eigenvalue weighted by Crippen LogP contribution is 2.14. The average Bonchev–Trinajstić information content (AvgIpc) is 2.60. The molecule has 1 aromatic rings. The summed E-state index contributed by atoms with van der Waals surface area (Å²) in [7, 11) is 0. The fraction of sp³-hybridized carbons (Fsp3) is 0.556. The average molecular weight is 322 g/mol. The van der Waals surface area contributed by atoms with E-state index in [9.17, 15) is 14.7 Å². The normalized spacial score (nSPS) is 16.8. The number of carbonyl (C=O) groups is 2. The zero-order chi connectivity index (χ0) is 17.8. The van der Waals surface area contributed by atoms with Crippen LogP contribution < -0.4 is 0 Å². The van der Waals surface area contributed by atoms with Crippen molar-refractivity contribution in [2.45, 2.75) is 47.2 Å². The summed E-state index contributed by atoms with van der Waals surface area (Å²) in [5.41, 5.74) is 1.05. The first-order chi connectivity index (χ1) is 11.1. The zero-order valence-corrected chi connectivity index (χ0v) is 15.0. The molecule has 1 N–H and O–H groups in total. The second-order valence-corrected chi connectivity index (χ2v) is 4.74. The van der Waals surface area contributed by atoms with E-state index >= 15 is 0 Å². The zero-order valence-electron chi connectivity index (χ0n) is 15.0. The minimum absolute atomic E-state index is 0.0490. The van der Waals surface area contributed by atoms with Gasteiger partial charge in [-0.2, -0.15) is 0 Å². The number of amides is 2. The van der Waals surface area contributed by atoms with E-state index < -0.39 is 0 Å². The third-order valence-electron chi connectivity index (χ3n) is 3.36. The molecule has 0 aromatic heterocycles. The second kappa shape index (κ2) is 11.7. The van der Waals surface area contributed by atoms with Crippen LogP contribution in [-0.4, -0.2) is 52.5 Å². The Balaban J connectivity index is 0.00000112. The van der Waals surface area contributed by atoms with Gasteiger partial charge in [-0.1, -0.05) is 58.0 Å². The first kappa shape index (κ1) is 21.1. The van der Waals surface area contributed by atoms with E-state index in [2.05, 4.69) is 0 Å². The molecule has 1 aliphatic rings. The Bertz CT molecular complexity index is 463. The topological polar surface area (TPSA) is 60.9 Å². The van der Waals surface area contributed by atoms with Crippen LogP contribution in [0.25, 0.3) is 0 Å². The van der Waals surface area contributed by atoms with Crippen LogP contribution in [-0.2, 0) is 16.1 Å². The Morgan fingerprint density at radius 2 is 1.74 bits per heavy atom. The Morgan fingerprint density at radius 1 is 1.17 bits per heavy atom. The summed E-state index contributed by atoms with van der Waals surface area (Å²) in [5.74, 6) is -0.254. The molecule has 1 aliphatic heterocycles. The summed E-state index contributed by atoms with van der Waals surface area (Å²) >= 11 is 0. The van der Waals surface area contributed by atoms with Crippen LogP contribution >= 0.6 is 0 Å². The fourth-order valence-electron chi connectivity index (χ4n) is 2.31. The number of piperazine rings is 1. The van der Waals surface area contributed by atoms with Crippen molar-refractivity contribution in [3.05, 3.63) is 35.9 Å². The molecule has 0 bridgehead atoms. The molecule has 1 aromatic carbocycles. The molecule has 2 rings (SSSR count). The van der Waals surface area contributed by atoms with E-state index in [1.807, 2.05) is 58.0 Å². The standard InChI is InChI=1S/C14H18N2O3.2C2H6/c1-11(18)16-9-14(19)15(8-13(16)10-17)7-12-5-3-2-4-6-12;2*1-2/h2-6,13,17H,7-10H2,1H3;2*1-2H3. The summed E-state index contributed by atoms with van der Waals surface area (Å²) in [6.45, 7) is 10.2. The van der Waals surface area contributed by atoms with Crippen LogP contribution in [0.1, 0.15) is 40.2 Å². The lowest BCUT2D eigenvalue weighted by molar-refractivity contribution is -0.149. The van der Waals surface area contributed by atoms with Crippen molar-refractivity contribution < 1.29 is 14.7 Å². The number of hydrogen-bond donors (Lipinski definition) is 1. The van der Waals surface area contributed by atoms with Crippen LogP contribution in [0.3, 0.4) is 0 Å². The van der Waals surface area contributed by atoms with Gasteiger partial charge in [0.1, 0.15) is 6.54 Å². The maximum atomic E-state index is 12.0. The summed E-state index contributed by atoms with van der Waals surface area (Å²) < 4.78 is 0. The van der Waals surface area contributed by atoms with Crippen molar-refractivity contribution in [1.82, 2.24) is 9.80 Å². The van der Waals surface area contributed by atoms with E-state index in [1.54, 1.807) is 4.90 Å². The Hall–Kier alpha value is -1.88. The molecule has 23 heavy (non-hydrogen) atoms. The van der Waals surface area contributed by atoms with Crippen LogP contribution in [0, 0.1) is 0 Å². The van der Waals surface area contributed by atoms with Gasteiger partial charge >= 0.3 is 0 Å². The van der Waals surface area contributed by atoms with Crippen molar-refractivity contribution in [1.29, 1.82) is 0 Å². The SMILES string of the molecule is CC.CC.CC(=O)N1CC(=O)N(Cc2ccccc2)CC1CO. The largest absolute Gasteiger partial charge is 0.394 e. The Labute approximate surface area is 139 Å². The minimum Gasteiger partial charge on any atom is -0.394 e. The Morgan fingerprint density at radius 3 is 2.22 bits per heavy atom. The van der Waals surface area contributed by atoms with E-state index in [1.165, 1.54) is 11.8 Å². The van der Waals surface area contributed by atoms with Crippen molar-refractivity contribution in [3.8, 4) is 0 Å². The highest BCUT2D eigenvalue weighted by Gasteiger charge is 2.32. The fourth-order valence-corrected chi connectivity index (χ4v) is 2.31. The Kier molecular flexibility index (Phi) is 10.7. The van der Waals surface area contributed by atoms with Gasteiger partial charge < -0.3 is 14.9 Å². The van der Waals surface area contributed by atoms with Crippen LogP contribution in [0.15, 0.2) is 30.3 Å². The molecule has 0 aliphatic carbocycles. The van der Waals surface area contributed by atoms with E-state index in [-0.39, 0.29) is 31.0 Å². The molecular formula is C18H30N2O3. The van der Waals surface area contributed by atoms with E-state index in [0.29, 0.717) is 13.1 Å². The van der Waals surface area contributed by atoms with Gasteiger partial charge in [-0.25, -0.2) is 0 Å². The van der Waals surface area contributed by atoms with Crippen molar-refractivity contribution >= 4 is 11.8 Å². The quantitative estimate of drug-likeness (QED) is 0.929. The molecule has 0 spiro atoms. The van der Waals surface area contributed by atoms with Crippen molar-refractivity contribution in [3.63, 3.8) is 0 Å². The van der Waals surface area contributed by atoms with Crippen LogP contribution in [0.2, 0.25) is 0 Å². The number of carbonyl (C=O) groups excluding carboxylic acids is 2. The highest BCUT2D eigenvalue weighted by atomic mass is 16.3. The number of nitrogens with zero attached hydrogens (tertiary/aromatic N) is 2. The number of benzene rings is 1. The first-order valence-electron chi connectivity index (χ1n) is 8.31. The predicted octanol–water partition coefficient (Wildman–Crippen LogP) is 2.29. The van der Waals surface area contributed by atoms with Gasteiger partial charge in [0.2, 0.25) is 11.8 Å². The van der Waals surface area contributed by atoms with Gasteiger partial charge in [-0.3, -0.25) is 9.59 Å². The minimum atomic E-state index is -0.307. The van der Waals surface area contributed by atoms with Crippen molar-refractivity contribution in [2.24, 2.45) is 0 Å². The maximum Gasteiger partial charge on any atom is 0.242 e. The van der Waals surface area contributed by atoms with Gasteiger partial charge in [0.05, 0.1) is 12.6 Å². The van der Waals surface area contributed by atoms with Gasteiger partial charge in [0.25, 0.3) is 0 Å². The van der Waals surface area contributed by atoms with E-state index in [4.69, 9.17) is 0 Å². The van der Waals surface area contributed by atoms with Gasteiger partial charge in [0, 0.05) is 20.0 Å². The smallest absolute Gasteiger partial charge is 0.242 e. The monoisotopic (exact) mass is 322 g/mol. The second-order valence-electron chi connectivity index (χ2n) is 4.74. The third kappa shape index (κ3) is 6.40. The molecule has 1 heterocycles. The van der Waals surface area contributed by atoms with Gasteiger partial charge in [-0.15, -0.1) is 0 Å². The number of hydrogen-bond acceptors (Lipinski definition) is 3. The van der Waals surface area contributed by atoms with Gasteiger partial charge in [0.15, 0.2) is 0 Å². The lowest BCUT2D eigenvalue weighted by Gasteiger charge is -2.39. The molecule has 1 atom stereocenters. The molecule has 1 fully saturated rings. The van der Waals surface area contributed by atoms with Crippen LogP contribution in [0.5, 0.6) is 0 Å². The lowest BCUT2D eigenvalue weighted by Crippen LogP contribution is -2.58. The molecule has 2 amide bonds. The molecule has 5 nitrogen and oxygen atoms in total. The molecule has 0 saturated carbocycles. The summed E-state index contributed by atoms with van der Waals surface area (Å²) in [5, 5.41) is 9.35. The van der Waals surface area contributed by atoms with Gasteiger partial charge in [-0.05, 0) is 5.56 Å². The highest BCUT2D eigenvalue weighted by molar-refractivity contribution is 5.85. The molecule has 0 radical (unpaired) electrons. The molecule has 1 saturated heterocycles. The number of aliphatic hydroxyl groups excluding tert-OH is 1. The third-order valence-corrected chi connectivity index (χ3v) is 3.36.